The predicted molar refractivity (Wildman–Crippen MR) is 87.2 cm³/mol. The Kier molecular flexibility index (Phi) is 5.30. The average molecular weight is 399 g/mol. The molecule has 0 saturated carbocycles. The number of non-ortho nitro benzene ring substituents is 1. The van der Waals surface area contributed by atoms with Crippen molar-refractivity contribution in [2.24, 2.45) is 0 Å². The van der Waals surface area contributed by atoms with Crippen LogP contribution in [0.3, 0.4) is 0 Å². The van der Waals surface area contributed by atoms with Gasteiger partial charge >= 0.3 is 0 Å². The van der Waals surface area contributed by atoms with Crippen molar-refractivity contribution in [1.82, 2.24) is 10.9 Å². The Balaban J connectivity index is 2.05. The Morgan fingerprint density at radius 2 is 1.78 bits per heavy atom. The number of carbonyl (C=O) groups excluding carboxylic acids is 2. The van der Waals surface area contributed by atoms with Crippen LogP contribution in [0, 0.1) is 10.1 Å². The number of benzene rings is 2. The van der Waals surface area contributed by atoms with Crippen molar-refractivity contribution in [2.45, 2.75) is 0 Å². The highest BCUT2D eigenvalue weighted by atomic mass is 79.9. The molecule has 0 unspecified atom stereocenters. The summed E-state index contributed by atoms with van der Waals surface area (Å²) >= 11 is 9.07. The summed E-state index contributed by atoms with van der Waals surface area (Å²) in [6, 6.07) is 10.0. The lowest BCUT2D eigenvalue weighted by Gasteiger charge is -2.08. The van der Waals surface area contributed by atoms with E-state index in [4.69, 9.17) is 11.6 Å². The highest BCUT2D eigenvalue weighted by Gasteiger charge is 2.15. The number of amides is 2. The van der Waals surface area contributed by atoms with Crippen LogP contribution in [0.2, 0.25) is 5.02 Å². The molecule has 0 aliphatic carbocycles. The molecule has 118 valence electrons. The van der Waals surface area contributed by atoms with Gasteiger partial charge in [0.25, 0.3) is 17.5 Å². The molecule has 9 heteroatoms. The van der Waals surface area contributed by atoms with Crippen LogP contribution >= 0.6 is 27.5 Å². The molecule has 0 aliphatic heterocycles. The second kappa shape index (κ2) is 7.21. The van der Waals surface area contributed by atoms with Crippen LogP contribution in [-0.4, -0.2) is 16.7 Å². The summed E-state index contributed by atoms with van der Waals surface area (Å²) < 4.78 is 0.717. The van der Waals surface area contributed by atoms with Gasteiger partial charge in [0.15, 0.2) is 0 Å². The van der Waals surface area contributed by atoms with E-state index in [0.29, 0.717) is 5.56 Å². The van der Waals surface area contributed by atoms with E-state index in [2.05, 4.69) is 26.8 Å². The van der Waals surface area contributed by atoms with Gasteiger partial charge in [-0.3, -0.25) is 30.6 Å². The highest BCUT2D eigenvalue weighted by molar-refractivity contribution is 9.10. The number of hydrazine groups is 1. The van der Waals surface area contributed by atoms with Gasteiger partial charge in [-0.25, -0.2) is 0 Å². The van der Waals surface area contributed by atoms with E-state index in [1.165, 1.54) is 6.07 Å². The van der Waals surface area contributed by atoms with Gasteiger partial charge < -0.3 is 0 Å². The highest BCUT2D eigenvalue weighted by Crippen LogP contribution is 2.22. The van der Waals surface area contributed by atoms with Crippen LogP contribution in [0.15, 0.2) is 46.9 Å². The molecule has 7 nitrogen and oxygen atoms in total. The Morgan fingerprint density at radius 3 is 2.39 bits per heavy atom. The zero-order valence-corrected chi connectivity index (χ0v) is 13.7. The molecule has 2 aromatic carbocycles. The van der Waals surface area contributed by atoms with Crippen LogP contribution in [0.25, 0.3) is 0 Å². The maximum Gasteiger partial charge on any atom is 0.271 e. The number of nitro groups is 1. The van der Waals surface area contributed by atoms with Crippen LogP contribution < -0.4 is 10.9 Å². The second-order valence-corrected chi connectivity index (χ2v) is 5.66. The summed E-state index contributed by atoms with van der Waals surface area (Å²) in [5.74, 6) is -1.20. The quantitative estimate of drug-likeness (QED) is 0.613. The van der Waals surface area contributed by atoms with Gasteiger partial charge in [-0.15, -0.1) is 0 Å². The summed E-state index contributed by atoms with van der Waals surface area (Å²) in [4.78, 5) is 33.8. The van der Waals surface area contributed by atoms with Crippen LogP contribution in [0.4, 0.5) is 5.69 Å². The first-order valence-electron chi connectivity index (χ1n) is 6.18. The molecule has 2 rings (SSSR count). The lowest BCUT2D eigenvalue weighted by atomic mass is 10.2. The van der Waals surface area contributed by atoms with E-state index in [-0.39, 0.29) is 16.3 Å². The van der Waals surface area contributed by atoms with Crippen molar-refractivity contribution in [3.05, 3.63) is 73.2 Å². The van der Waals surface area contributed by atoms with Crippen LogP contribution in [0.5, 0.6) is 0 Å². The third-order valence-electron chi connectivity index (χ3n) is 2.78. The molecule has 23 heavy (non-hydrogen) atoms. The summed E-state index contributed by atoms with van der Waals surface area (Å²) in [5.41, 5.74) is 4.55. The minimum absolute atomic E-state index is 0.00630. The topological polar surface area (TPSA) is 101 Å². The summed E-state index contributed by atoms with van der Waals surface area (Å²) in [6.45, 7) is 0. The molecule has 2 N–H and O–H groups in total. The molecule has 0 spiro atoms. The monoisotopic (exact) mass is 397 g/mol. The number of carbonyl (C=O) groups is 2. The zero-order chi connectivity index (χ0) is 17.0. The zero-order valence-electron chi connectivity index (χ0n) is 11.4. The van der Waals surface area contributed by atoms with Crippen LogP contribution in [0.1, 0.15) is 20.7 Å². The second-order valence-electron chi connectivity index (χ2n) is 4.34. The molecule has 0 heterocycles. The Labute approximate surface area is 143 Å². The fourth-order valence-electron chi connectivity index (χ4n) is 1.68. The van der Waals surface area contributed by atoms with Crippen molar-refractivity contribution >= 4 is 45.0 Å². The van der Waals surface area contributed by atoms with E-state index in [1.54, 1.807) is 24.3 Å². The predicted octanol–water partition coefficient (Wildman–Crippen LogP) is 3.09. The minimum Gasteiger partial charge on any atom is -0.267 e. The van der Waals surface area contributed by atoms with E-state index in [1.807, 2.05) is 0 Å². The lowest BCUT2D eigenvalue weighted by Crippen LogP contribution is -2.41. The number of nitrogens with one attached hydrogen (secondary N) is 2. The molecule has 0 saturated heterocycles. The molecule has 2 amide bonds. The van der Waals surface area contributed by atoms with Crippen molar-refractivity contribution in [3.8, 4) is 0 Å². The largest absolute Gasteiger partial charge is 0.271 e. The molecule has 2 aromatic rings. The fourth-order valence-corrected chi connectivity index (χ4v) is 2.34. The molecule has 0 radical (unpaired) electrons. The number of nitro benzene ring substituents is 1. The molecule has 0 aromatic heterocycles. The summed E-state index contributed by atoms with van der Waals surface area (Å²) in [5, 5.41) is 10.5. The van der Waals surface area contributed by atoms with Gasteiger partial charge in [0.05, 0.1) is 15.5 Å². The van der Waals surface area contributed by atoms with Gasteiger partial charge in [0.1, 0.15) is 0 Å². The van der Waals surface area contributed by atoms with E-state index in [0.717, 1.165) is 16.6 Å². The van der Waals surface area contributed by atoms with Crippen molar-refractivity contribution in [1.29, 1.82) is 0 Å². The average Bonchev–Trinajstić information content (AvgIpc) is 2.52. The Hall–Kier alpha value is -2.45. The summed E-state index contributed by atoms with van der Waals surface area (Å²) in [6.07, 6.45) is 0. The summed E-state index contributed by atoms with van der Waals surface area (Å²) in [7, 11) is 0. The Bertz CT molecular complexity index is 797. The number of nitrogens with zero attached hydrogens (tertiary/aromatic N) is 1. The first-order chi connectivity index (χ1) is 10.9. The molecular weight excluding hydrogens is 390 g/mol. The van der Waals surface area contributed by atoms with E-state index < -0.39 is 16.7 Å². The maximum atomic E-state index is 12.0. The van der Waals surface area contributed by atoms with E-state index in [9.17, 15) is 19.7 Å². The molecular formula is C14H9BrClN3O4. The Morgan fingerprint density at radius 1 is 1.09 bits per heavy atom. The third kappa shape index (κ3) is 4.27. The van der Waals surface area contributed by atoms with Crippen molar-refractivity contribution in [3.63, 3.8) is 0 Å². The molecule has 0 aliphatic rings. The number of hydrogen-bond donors (Lipinski definition) is 2. The lowest BCUT2D eigenvalue weighted by molar-refractivity contribution is -0.384. The van der Waals surface area contributed by atoms with Gasteiger partial charge in [0.2, 0.25) is 0 Å². The van der Waals surface area contributed by atoms with Gasteiger partial charge in [-0.05, 0) is 24.3 Å². The van der Waals surface area contributed by atoms with Gasteiger partial charge in [-0.1, -0.05) is 33.6 Å². The van der Waals surface area contributed by atoms with Crippen molar-refractivity contribution < 1.29 is 14.5 Å². The molecule has 0 atom stereocenters. The number of halogens is 2. The molecule has 0 fully saturated rings. The standard InChI is InChI=1S/C14H9BrClN3O4/c15-9-3-1-2-8(6-9)13(20)17-18-14(21)11-5-4-10(19(22)23)7-12(11)16/h1-7H,(H,17,20)(H,18,21). The van der Waals surface area contributed by atoms with Crippen molar-refractivity contribution in [2.75, 3.05) is 0 Å². The first kappa shape index (κ1) is 16.9. The van der Waals surface area contributed by atoms with E-state index >= 15 is 0 Å². The normalized spacial score (nSPS) is 10.0. The van der Waals surface area contributed by atoms with Gasteiger partial charge in [-0.2, -0.15) is 0 Å². The number of rotatable bonds is 3. The molecule has 0 bridgehead atoms. The smallest absolute Gasteiger partial charge is 0.267 e. The fraction of sp³-hybridized carbons (Fsp3) is 0. The first-order valence-corrected chi connectivity index (χ1v) is 7.36. The van der Waals surface area contributed by atoms with Gasteiger partial charge in [0, 0.05) is 22.2 Å². The SMILES string of the molecule is O=C(NNC(=O)c1ccc([N+](=O)[O-])cc1Cl)c1cccc(Br)c1. The van der Waals surface area contributed by atoms with Crippen LogP contribution in [-0.2, 0) is 0 Å². The maximum absolute atomic E-state index is 12.0. The number of hydrogen-bond acceptors (Lipinski definition) is 4. The third-order valence-corrected chi connectivity index (χ3v) is 3.59. The minimum atomic E-state index is -0.687.